The van der Waals surface area contributed by atoms with Crippen LogP contribution in [0.2, 0.25) is 0 Å². The fourth-order valence-corrected chi connectivity index (χ4v) is 1.38. The van der Waals surface area contributed by atoms with Gasteiger partial charge in [0.1, 0.15) is 12.4 Å². The standard InChI is InChI=1S/C13H16O3/c1-3-4-5-9-16-12-8-6-7-11(10(12)2)13(14)15/h4-8H,3,9H2,1-2H3,(H,14,15). The number of allylic oxidation sites excluding steroid dienone is 1. The zero-order valence-corrected chi connectivity index (χ0v) is 9.56. The first kappa shape index (κ1) is 12.3. The van der Waals surface area contributed by atoms with E-state index < -0.39 is 5.97 Å². The Bertz CT molecular complexity index is 394. The molecule has 0 spiro atoms. The molecule has 0 aliphatic carbocycles. The number of aromatic carboxylic acids is 1. The van der Waals surface area contributed by atoms with E-state index in [1.54, 1.807) is 25.1 Å². The summed E-state index contributed by atoms with van der Waals surface area (Å²) in [5, 5.41) is 8.93. The van der Waals surface area contributed by atoms with Crippen LogP contribution in [0.1, 0.15) is 29.3 Å². The number of carbonyl (C=O) groups is 1. The van der Waals surface area contributed by atoms with Crippen molar-refractivity contribution in [3.8, 4) is 5.75 Å². The van der Waals surface area contributed by atoms with Gasteiger partial charge in [-0.2, -0.15) is 0 Å². The molecular formula is C13H16O3. The van der Waals surface area contributed by atoms with Gasteiger partial charge in [-0.25, -0.2) is 4.79 Å². The summed E-state index contributed by atoms with van der Waals surface area (Å²) in [6.07, 6.45) is 4.90. The molecule has 0 radical (unpaired) electrons. The van der Waals surface area contributed by atoms with Crippen LogP contribution < -0.4 is 4.74 Å². The molecule has 16 heavy (non-hydrogen) atoms. The molecule has 0 unspecified atom stereocenters. The quantitative estimate of drug-likeness (QED) is 0.776. The summed E-state index contributed by atoms with van der Waals surface area (Å²) in [6.45, 7) is 4.27. The van der Waals surface area contributed by atoms with Gasteiger partial charge in [0.25, 0.3) is 0 Å². The van der Waals surface area contributed by atoms with Crippen molar-refractivity contribution in [2.45, 2.75) is 20.3 Å². The zero-order valence-electron chi connectivity index (χ0n) is 9.56. The molecule has 0 aromatic heterocycles. The van der Waals surface area contributed by atoms with E-state index in [4.69, 9.17) is 9.84 Å². The molecule has 86 valence electrons. The summed E-state index contributed by atoms with van der Waals surface area (Å²) < 4.78 is 5.48. The smallest absolute Gasteiger partial charge is 0.336 e. The molecule has 1 aromatic carbocycles. The molecule has 0 bridgehead atoms. The average Bonchev–Trinajstić information content (AvgIpc) is 2.26. The third kappa shape index (κ3) is 3.12. The molecule has 0 atom stereocenters. The number of ether oxygens (including phenoxy) is 1. The fourth-order valence-electron chi connectivity index (χ4n) is 1.38. The predicted octanol–water partition coefficient (Wildman–Crippen LogP) is 3.04. The van der Waals surface area contributed by atoms with Crippen molar-refractivity contribution in [2.24, 2.45) is 0 Å². The Morgan fingerprint density at radius 2 is 2.19 bits per heavy atom. The third-order valence-electron chi connectivity index (χ3n) is 2.25. The second-order valence-corrected chi connectivity index (χ2v) is 3.42. The van der Waals surface area contributed by atoms with Crippen molar-refractivity contribution >= 4 is 5.97 Å². The van der Waals surface area contributed by atoms with Crippen LogP contribution in [0.3, 0.4) is 0 Å². The van der Waals surface area contributed by atoms with Crippen molar-refractivity contribution in [1.29, 1.82) is 0 Å². The Hall–Kier alpha value is -1.77. The highest BCUT2D eigenvalue weighted by molar-refractivity contribution is 5.90. The lowest BCUT2D eigenvalue weighted by Gasteiger charge is -2.08. The second-order valence-electron chi connectivity index (χ2n) is 3.42. The van der Waals surface area contributed by atoms with E-state index in [2.05, 4.69) is 0 Å². The minimum absolute atomic E-state index is 0.289. The van der Waals surface area contributed by atoms with E-state index in [0.717, 1.165) is 6.42 Å². The lowest BCUT2D eigenvalue weighted by molar-refractivity contribution is 0.0695. The number of rotatable bonds is 5. The molecule has 1 N–H and O–H groups in total. The molecule has 0 fully saturated rings. The van der Waals surface area contributed by atoms with Crippen LogP contribution in [-0.2, 0) is 0 Å². The number of carboxylic acid groups (broad SMARTS) is 1. The van der Waals surface area contributed by atoms with Crippen LogP contribution in [0.5, 0.6) is 5.75 Å². The van der Waals surface area contributed by atoms with E-state index in [9.17, 15) is 4.79 Å². The molecule has 0 saturated carbocycles. The minimum atomic E-state index is -0.924. The van der Waals surface area contributed by atoms with E-state index in [0.29, 0.717) is 17.9 Å². The molecule has 3 heteroatoms. The maximum Gasteiger partial charge on any atom is 0.336 e. The maximum atomic E-state index is 10.9. The number of benzene rings is 1. The van der Waals surface area contributed by atoms with Gasteiger partial charge in [-0.15, -0.1) is 0 Å². The summed E-state index contributed by atoms with van der Waals surface area (Å²) >= 11 is 0. The first-order chi connectivity index (χ1) is 7.66. The van der Waals surface area contributed by atoms with Crippen molar-refractivity contribution in [1.82, 2.24) is 0 Å². The number of hydrogen-bond acceptors (Lipinski definition) is 2. The largest absolute Gasteiger partial charge is 0.489 e. The summed E-state index contributed by atoms with van der Waals surface area (Å²) in [7, 11) is 0. The summed E-state index contributed by atoms with van der Waals surface area (Å²) in [5.41, 5.74) is 0.955. The first-order valence-corrected chi connectivity index (χ1v) is 5.27. The predicted molar refractivity (Wildman–Crippen MR) is 63.1 cm³/mol. The van der Waals surface area contributed by atoms with Crippen molar-refractivity contribution in [3.05, 3.63) is 41.5 Å². The van der Waals surface area contributed by atoms with Crippen LogP contribution in [-0.4, -0.2) is 17.7 Å². The first-order valence-electron chi connectivity index (χ1n) is 5.27. The normalized spacial score (nSPS) is 10.6. The highest BCUT2D eigenvalue weighted by atomic mass is 16.5. The van der Waals surface area contributed by atoms with Crippen LogP contribution >= 0.6 is 0 Å². The van der Waals surface area contributed by atoms with Gasteiger partial charge in [-0.3, -0.25) is 0 Å². The highest BCUT2D eigenvalue weighted by Gasteiger charge is 2.10. The highest BCUT2D eigenvalue weighted by Crippen LogP contribution is 2.21. The van der Waals surface area contributed by atoms with Gasteiger partial charge in [0, 0.05) is 5.56 Å². The number of hydrogen-bond donors (Lipinski definition) is 1. The van der Waals surface area contributed by atoms with Gasteiger partial charge in [0.05, 0.1) is 5.56 Å². The number of carboxylic acids is 1. The van der Waals surface area contributed by atoms with Crippen LogP contribution in [0, 0.1) is 6.92 Å². The summed E-state index contributed by atoms with van der Waals surface area (Å²) in [5.74, 6) is -0.298. The molecule has 1 aromatic rings. The molecule has 0 saturated heterocycles. The van der Waals surface area contributed by atoms with E-state index in [1.807, 2.05) is 19.1 Å². The zero-order chi connectivity index (χ0) is 12.0. The Morgan fingerprint density at radius 1 is 1.44 bits per heavy atom. The maximum absolute atomic E-state index is 10.9. The van der Waals surface area contributed by atoms with Crippen molar-refractivity contribution in [3.63, 3.8) is 0 Å². The Kier molecular flexibility index (Phi) is 4.58. The van der Waals surface area contributed by atoms with Gasteiger partial charge in [-0.1, -0.05) is 25.1 Å². The van der Waals surface area contributed by atoms with Gasteiger partial charge >= 0.3 is 5.97 Å². The lowest BCUT2D eigenvalue weighted by atomic mass is 10.1. The van der Waals surface area contributed by atoms with E-state index >= 15 is 0 Å². The second kappa shape index (κ2) is 5.95. The average molecular weight is 220 g/mol. The lowest BCUT2D eigenvalue weighted by Crippen LogP contribution is -2.03. The van der Waals surface area contributed by atoms with Gasteiger partial charge in [-0.05, 0) is 25.5 Å². The molecule has 0 aliphatic rings. The fraction of sp³-hybridized carbons (Fsp3) is 0.308. The van der Waals surface area contributed by atoms with Gasteiger partial charge in [0.15, 0.2) is 0 Å². The monoisotopic (exact) mass is 220 g/mol. The molecule has 3 nitrogen and oxygen atoms in total. The Morgan fingerprint density at radius 3 is 2.81 bits per heavy atom. The Labute approximate surface area is 95.4 Å². The van der Waals surface area contributed by atoms with E-state index in [1.165, 1.54) is 0 Å². The SMILES string of the molecule is CCC=CCOc1cccc(C(=O)O)c1C. The summed E-state index contributed by atoms with van der Waals surface area (Å²) in [4.78, 5) is 10.9. The minimum Gasteiger partial charge on any atom is -0.489 e. The van der Waals surface area contributed by atoms with Crippen LogP contribution in [0.15, 0.2) is 30.4 Å². The molecule has 0 aliphatic heterocycles. The molecular weight excluding hydrogens is 204 g/mol. The summed E-state index contributed by atoms with van der Waals surface area (Å²) in [6, 6.07) is 5.04. The molecule has 0 amide bonds. The third-order valence-corrected chi connectivity index (χ3v) is 2.25. The van der Waals surface area contributed by atoms with Crippen LogP contribution in [0.25, 0.3) is 0 Å². The molecule has 0 heterocycles. The van der Waals surface area contributed by atoms with Crippen molar-refractivity contribution < 1.29 is 14.6 Å². The van der Waals surface area contributed by atoms with Crippen molar-refractivity contribution in [2.75, 3.05) is 6.61 Å². The van der Waals surface area contributed by atoms with Gasteiger partial charge < -0.3 is 9.84 Å². The molecule has 1 rings (SSSR count). The Balaban J connectivity index is 2.77. The van der Waals surface area contributed by atoms with Gasteiger partial charge in [0.2, 0.25) is 0 Å². The van der Waals surface area contributed by atoms with Crippen LogP contribution in [0.4, 0.5) is 0 Å². The van der Waals surface area contributed by atoms with E-state index in [-0.39, 0.29) is 5.56 Å². The topological polar surface area (TPSA) is 46.5 Å².